The van der Waals surface area contributed by atoms with E-state index in [2.05, 4.69) is 44.7 Å². The molecule has 0 heterocycles. The molecule has 1 aliphatic rings. The van der Waals surface area contributed by atoms with Crippen LogP contribution in [-0.4, -0.2) is 37.2 Å². The van der Waals surface area contributed by atoms with Gasteiger partial charge in [0.1, 0.15) is 5.70 Å². The molecule has 0 aromatic rings. The minimum atomic E-state index is -0.313. The van der Waals surface area contributed by atoms with Gasteiger partial charge in [0.15, 0.2) is 0 Å². The molecular formula is C23H43N3O2. The number of ether oxygens (including phenoxy) is 1. The van der Waals surface area contributed by atoms with Gasteiger partial charge in [0, 0.05) is 13.0 Å². The van der Waals surface area contributed by atoms with Crippen molar-refractivity contribution >= 4 is 0 Å². The summed E-state index contributed by atoms with van der Waals surface area (Å²) in [5.41, 5.74) is 7.39. The van der Waals surface area contributed by atoms with E-state index in [0.717, 1.165) is 30.7 Å². The Balaban J connectivity index is 2.61. The Labute approximate surface area is 172 Å². The van der Waals surface area contributed by atoms with Gasteiger partial charge in [-0.3, -0.25) is 0 Å². The van der Waals surface area contributed by atoms with Gasteiger partial charge in [0.05, 0.1) is 18.4 Å². The van der Waals surface area contributed by atoms with E-state index in [9.17, 15) is 4.91 Å². The number of rotatable bonds is 13. The molecular weight excluding hydrogens is 350 g/mol. The maximum atomic E-state index is 11.4. The first-order valence-corrected chi connectivity index (χ1v) is 11.2. The van der Waals surface area contributed by atoms with Crippen LogP contribution in [0.5, 0.6) is 0 Å². The molecule has 28 heavy (non-hydrogen) atoms. The Morgan fingerprint density at radius 3 is 2.36 bits per heavy atom. The van der Waals surface area contributed by atoms with E-state index >= 15 is 0 Å². The van der Waals surface area contributed by atoms with Gasteiger partial charge in [-0.2, -0.15) is 0 Å². The topological polar surface area (TPSA) is 67.9 Å². The zero-order valence-electron chi connectivity index (χ0n) is 18.9. The summed E-state index contributed by atoms with van der Waals surface area (Å²) in [4.78, 5) is 13.9. The Morgan fingerprint density at radius 2 is 1.75 bits per heavy atom. The van der Waals surface area contributed by atoms with Crippen molar-refractivity contribution in [3.8, 4) is 0 Å². The number of nitrogens with zero attached hydrogens (tertiary/aromatic N) is 2. The average molecular weight is 394 g/mol. The van der Waals surface area contributed by atoms with Gasteiger partial charge in [-0.1, -0.05) is 53.9 Å². The molecule has 0 aliphatic heterocycles. The van der Waals surface area contributed by atoms with Crippen molar-refractivity contribution < 1.29 is 4.74 Å². The predicted octanol–water partition coefficient (Wildman–Crippen LogP) is 5.76. The Morgan fingerprint density at radius 1 is 1.11 bits per heavy atom. The van der Waals surface area contributed by atoms with Crippen molar-refractivity contribution in [1.29, 1.82) is 0 Å². The molecule has 0 aromatic heterocycles. The van der Waals surface area contributed by atoms with Crippen molar-refractivity contribution in [2.24, 2.45) is 16.3 Å². The Hall–Kier alpha value is -1.20. The third kappa shape index (κ3) is 8.87. The third-order valence-corrected chi connectivity index (χ3v) is 5.35. The summed E-state index contributed by atoms with van der Waals surface area (Å²) in [6.45, 7) is 14.9. The first-order valence-electron chi connectivity index (χ1n) is 11.2. The number of hydrogen-bond acceptors (Lipinski definition) is 5. The van der Waals surface area contributed by atoms with E-state index in [-0.39, 0.29) is 11.5 Å². The lowest BCUT2D eigenvalue weighted by Gasteiger charge is -2.23. The highest BCUT2D eigenvalue weighted by molar-refractivity contribution is 5.36. The van der Waals surface area contributed by atoms with E-state index < -0.39 is 0 Å². The number of allylic oxidation sites excluding steroid dienone is 3. The van der Waals surface area contributed by atoms with Crippen LogP contribution in [0.15, 0.2) is 28.3 Å². The van der Waals surface area contributed by atoms with Gasteiger partial charge in [-0.05, 0) is 61.0 Å². The number of nitroso groups, excluding NO2 is 1. The molecule has 2 N–H and O–H groups in total. The van der Waals surface area contributed by atoms with Crippen molar-refractivity contribution in [2.45, 2.75) is 92.0 Å². The van der Waals surface area contributed by atoms with Crippen LogP contribution in [0.1, 0.15) is 86.0 Å². The van der Waals surface area contributed by atoms with Crippen LogP contribution in [-0.2, 0) is 4.74 Å². The highest BCUT2D eigenvalue weighted by Crippen LogP contribution is 2.35. The van der Waals surface area contributed by atoms with E-state index in [1.165, 1.54) is 45.2 Å². The molecule has 1 rings (SSSR count). The first kappa shape index (κ1) is 24.8. The summed E-state index contributed by atoms with van der Waals surface area (Å²) in [5, 5.41) is 3.25. The SMILES string of the molecule is CCCCCN(CCCC)CCCOC1=CC(C(C)(C)C)=C(N=O)C(N)CC1. The van der Waals surface area contributed by atoms with Gasteiger partial charge in [-0.25, -0.2) is 0 Å². The maximum absolute atomic E-state index is 11.4. The number of hydrogen-bond donors (Lipinski definition) is 1. The molecule has 0 fully saturated rings. The monoisotopic (exact) mass is 393 g/mol. The summed E-state index contributed by atoms with van der Waals surface area (Å²) >= 11 is 0. The summed E-state index contributed by atoms with van der Waals surface area (Å²) in [6, 6.07) is -0.313. The summed E-state index contributed by atoms with van der Waals surface area (Å²) < 4.78 is 6.11. The van der Waals surface area contributed by atoms with E-state index in [1.807, 2.05) is 6.08 Å². The normalized spacial score (nSPS) is 18.2. The van der Waals surface area contributed by atoms with Gasteiger partial charge < -0.3 is 15.4 Å². The fraction of sp³-hybridized carbons (Fsp3) is 0.826. The quantitative estimate of drug-likeness (QED) is 0.319. The minimum Gasteiger partial charge on any atom is -0.498 e. The van der Waals surface area contributed by atoms with Gasteiger partial charge in [-0.15, -0.1) is 4.91 Å². The number of nitrogens with two attached hydrogens (primary N) is 1. The second-order valence-corrected chi connectivity index (χ2v) is 9.00. The van der Waals surface area contributed by atoms with Crippen molar-refractivity contribution in [3.05, 3.63) is 28.0 Å². The Bertz CT molecular complexity index is 520. The molecule has 0 amide bonds. The van der Waals surface area contributed by atoms with Crippen molar-refractivity contribution in [1.82, 2.24) is 4.90 Å². The van der Waals surface area contributed by atoms with Crippen LogP contribution in [0.4, 0.5) is 0 Å². The maximum Gasteiger partial charge on any atom is 0.105 e. The molecule has 5 nitrogen and oxygen atoms in total. The van der Waals surface area contributed by atoms with Crippen LogP contribution in [0, 0.1) is 10.3 Å². The Kier molecular flexibility index (Phi) is 11.6. The summed E-state index contributed by atoms with van der Waals surface area (Å²) in [5.74, 6) is 0.935. The van der Waals surface area contributed by atoms with Crippen LogP contribution < -0.4 is 5.73 Å². The first-order chi connectivity index (χ1) is 13.3. The van der Waals surface area contributed by atoms with E-state index in [0.29, 0.717) is 18.7 Å². The largest absolute Gasteiger partial charge is 0.498 e. The fourth-order valence-electron chi connectivity index (χ4n) is 3.57. The summed E-state index contributed by atoms with van der Waals surface area (Å²) in [7, 11) is 0. The highest BCUT2D eigenvalue weighted by atomic mass is 16.5. The highest BCUT2D eigenvalue weighted by Gasteiger charge is 2.27. The zero-order chi connectivity index (χ0) is 21.0. The predicted molar refractivity (Wildman–Crippen MR) is 119 cm³/mol. The molecule has 0 aromatic carbocycles. The molecule has 0 saturated carbocycles. The lowest BCUT2D eigenvalue weighted by molar-refractivity contribution is 0.172. The minimum absolute atomic E-state index is 0.184. The fourth-order valence-corrected chi connectivity index (χ4v) is 3.57. The molecule has 5 heteroatoms. The van der Waals surface area contributed by atoms with E-state index in [1.54, 1.807) is 0 Å². The smallest absolute Gasteiger partial charge is 0.105 e. The van der Waals surface area contributed by atoms with Crippen LogP contribution in [0.25, 0.3) is 0 Å². The lowest BCUT2D eigenvalue weighted by Crippen LogP contribution is -2.28. The number of unbranched alkanes of at least 4 members (excludes halogenated alkanes) is 3. The van der Waals surface area contributed by atoms with E-state index in [4.69, 9.17) is 10.5 Å². The zero-order valence-corrected chi connectivity index (χ0v) is 18.9. The molecule has 1 aliphatic carbocycles. The third-order valence-electron chi connectivity index (χ3n) is 5.35. The van der Waals surface area contributed by atoms with Crippen LogP contribution in [0.2, 0.25) is 0 Å². The van der Waals surface area contributed by atoms with Gasteiger partial charge in [0.2, 0.25) is 0 Å². The molecule has 0 bridgehead atoms. The van der Waals surface area contributed by atoms with Gasteiger partial charge in [0.25, 0.3) is 0 Å². The van der Waals surface area contributed by atoms with Crippen LogP contribution in [0.3, 0.4) is 0 Å². The molecule has 1 unspecified atom stereocenters. The van der Waals surface area contributed by atoms with Crippen LogP contribution >= 0.6 is 0 Å². The second kappa shape index (κ2) is 13.1. The summed E-state index contributed by atoms with van der Waals surface area (Å²) in [6.07, 6.45) is 10.9. The second-order valence-electron chi connectivity index (χ2n) is 9.00. The molecule has 0 saturated heterocycles. The van der Waals surface area contributed by atoms with Crippen molar-refractivity contribution in [3.63, 3.8) is 0 Å². The lowest BCUT2D eigenvalue weighted by atomic mass is 9.84. The molecule has 162 valence electrons. The molecule has 0 spiro atoms. The average Bonchev–Trinajstić information content (AvgIpc) is 2.81. The van der Waals surface area contributed by atoms with Crippen molar-refractivity contribution in [2.75, 3.05) is 26.2 Å². The molecule has 1 atom stereocenters. The van der Waals surface area contributed by atoms with Gasteiger partial charge >= 0.3 is 0 Å². The standard InChI is InChI=1S/C23H43N3O2/c1-6-8-10-15-26(14-9-7-2)16-11-17-28-19-12-13-21(24)22(25-27)20(18-19)23(3,4)5/h18,21H,6-17,24H2,1-5H3. The molecule has 0 radical (unpaired) electrons.